The molecule has 1 amide bonds. The van der Waals surface area contributed by atoms with Crippen LogP contribution in [0.5, 0.6) is 0 Å². The molecule has 0 radical (unpaired) electrons. The molecule has 3 nitrogen and oxygen atoms in total. The van der Waals surface area contributed by atoms with Crippen LogP contribution in [0.2, 0.25) is 0 Å². The molecule has 2 N–H and O–H groups in total. The van der Waals surface area contributed by atoms with Gasteiger partial charge in [0.15, 0.2) is 0 Å². The SMILES string of the molecule is C#CCCC(=O)NCC1(O)CCCC1. The Morgan fingerprint density at radius 2 is 2.14 bits per heavy atom. The molecule has 3 heteroatoms. The molecule has 1 aliphatic carbocycles. The first-order valence-corrected chi connectivity index (χ1v) is 5.09. The van der Waals surface area contributed by atoms with Gasteiger partial charge in [0, 0.05) is 19.4 Å². The Morgan fingerprint density at radius 3 is 2.71 bits per heavy atom. The Balaban J connectivity index is 2.19. The lowest BCUT2D eigenvalue weighted by atomic mass is 10.0. The van der Waals surface area contributed by atoms with E-state index in [9.17, 15) is 9.90 Å². The van der Waals surface area contributed by atoms with Gasteiger partial charge in [-0.25, -0.2) is 0 Å². The third kappa shape index (κ3) is 3.39. The summed E-state index contributed by atoms with van der Waals surface area (Å²) in [5, 5.41) is 12.6. The minimum absolute atomic E-state index is 0.0664. The molecule has 0 spiro atoms. The van der Waals surface area contributed by atoms with Crippen molar-refractivity contribution >= 4 is 5.91 Å². The predicted octanol–water partition coefficient (Wildman–Crippen LogP) is 0.821. The Morgan fingerprint density at radius 1 is 1.50 bits per heavy atom. The molecular formula is C11H17NO2. The highest BCUT2D eigenvalue weighted by Gasteiger charge is 2.30. The highest BCUT2D eigenvalue weighted by molar-refractivity contribution is 5.76. The molecule has 0 aromatic heterocycles. The highest BCUT2D eigenvalue weighted by atomic mass is 16.3. The van der Waals surface area contributed by atoms with Crippen molar-refractivity contribution in [2.24, 2.45) is 0 Å². The molecule has 1 saturated carbocycles. The summed E-state index contributed by atoms with van der Waals surface area (Å²) in [6.45, 7) is 0.371. The first-order chi connectivity index (χ1) is 6.66. The Labute approximate surface area is 84.9 Å². The molecule has 0 bridgehead atoms. The molecule has 0 aromatic rings. The lowest BCUT2D eigenvalue weighted by molar-refractivity contribution is -0.122. The maximum Gasteiger partial charge on any atom is 0.221 e. The number of hydrogen-bond acceptors (Lipinski definition) is 2. The number of amides is 1. The fourth-order valence-corrected chi connectivity index (χ4v) is 1.75. The summed E-state index contributed by atoms with van der Waals surface area (Å²) in [6, 6.07) is 0. The van der Waals surface area contributed by atoms with Gasteiger partial charge in [-0.3, -0.25) is 4.79 Å². The van der Waals surface area contributed by atoms with Gasteiger partial charge < -0.3 is 10.4 Å². The highest BCUT2D eigenvalue weighted by Crippen LogP contribution is 2.28. The fourth-order valence-electron chi connectivity index (χ4n) is 1.75. The van der Waals surface area contributed by atoms with Gasteiger partial charge in [-0.05, 0) is 12.8 Å². The zero-order valence-electron chi connectivity index (χ0n) is 8.38. The predicted molar refractivity (Wildman–Crippen MR) is 54.5 cm³/mol. The lowest BCUT2D eigenvalue weighted by Crippen LogP contribution is -2.40. The van der Waals surface area contributed by atoms with Crippen LogP contribution in [-0.2, 0) is 4.79 Å². The van der Waals surface area contributed by atoms with Gasteiger partial charge in [0.1, 0.15) is 0 Å². The van der Waals surface area contributed by atoms with Crippen molar-refractivity contribution < 1.29 is 9.90 Å². The second-order valence-corrected chi connectivity index (χ2v) is 3.91. The molecule has 0 atom stereocenters. The van der Waals surface area contributed by atoms with Crippen molar-refractivity contribution in [1.82, 2.24) is 5.32 Å². The van der Waals surface area contributed by atoms with Crippen LogP contribution in [0.1, 0.15) is 38.5 Å². The molecule has 0 aromatic carbocycles. The standard InChI is InChI=1S/C11H17NO2/c1-2-3-6-10(13)12-9-11(14)7-4-5-8-11/h1,14H,3-9H2,(H,12,13). The summed E-state index contributed by atoms with van der Waals surface area (Å²) < 4.78 is 0. The van der Waals surface area contributed by atoms with E-state index in [-0.39, 0.29) is 5.91 Å². The monoisotopic (exact) mass is 195 g/mol. The average molecular weight is 195 g/mol. The topological polar surface area (TPSA) is 49.3 Å². The third-order valence-electron chi connectivity index (χ3n) is 2.65. The molecule has 0 heterocycles. The summed E-state index contributed by atoms with van der Waals surface area (Å²) in [7, 11) is 0. The maximum absolute atomic E-state index is 11.2. The number of terminal acetylenes is 1. The van der Waals surface area contributed by atoms with E-state index in [1.807, 2.05) is 0 Å². The fraction of sp³-hybridized carbons (Fsp3) is 0.727. The molecule has 0 unspecified atom stereocenters. The molecular weight excluding hydrogens is 178 g/mol. The first kappa shape index (κ1) is 11.1. The molecule has 1 rings (SSSR count). The summed E-state index contributed by atoms with van der Waals surface area (Å²) in [4.78, 5) is 11.2. The number of aliphatic hydroxyl groups is 1. The first-order valence-electron chi connectivity index (χ1n) is 5.09. The molecule has 78 valence electrons. The number of rotatable bonds is 4. The zero-order chi connectivity index (χ0) is 10.4. The van der Waals surface area contributed by atoms with Crippen LogP contribution in [0.4, 0.5) is 0 Å². The van der Waals surface area contributed by atoms with Crippen LogP contribution in [-0.4, -0.2) is 23.2 Å². The van der Waals surface area contributed by atoms with E-state index in [0.29, 0.717) is 19.4 Å². The summed E-state index contributed by atoms with van der Waals surface area (Å²) in [5.74, 6) is 2.35. The normalized spacial score (nSPS) is 18.9. The Kier molecular flexibility index (Phi) is 3.97. The van der Waals surface area contributed by atoms with Gasteiger partial charge in [-0.1, -0.05) is 12.8 Å². The van der Waals surface area contributed by atoms with E-state index in [2.05, 4.69) is 11.2 Å². The third-order valence-corrected chi connectivity index (χ3v) is 2.65. The van der Waals surface area contributed by atoms with Crippen molar-refractivity contribution in [2.45, 2.75) is 44.1 Å². The summed E-state index contributed by atoms with van der Waals surface area (Å²) >= 11 is 0. The van der Waals surface area contributed by atoms with Crippen LogP contribution in [0.3, 0.4) is 0 Å². The van der Waals surface area contributed by atoms with Crippen LogP contribution < -0.4 is 5.32 Å². The van der Waals surface area contributed by atoms with Crippen LogP contribution >= 0.6 is 0 Å². The van der Waals surface area contributed by atoms with E-state index in [1.165, 1.54) is 0 Å². The quantitative estimate of drug-likeness (QED) is 0.652. The number of carbonyl (C=O) groups is 1. The van der Waals surface area contributed by atoms with Crippen molar-refractivity contribution in [1.29, 1.82) is 0 Å². The van der Waals surface area contributed by atoms with Crippen molar-refractivity contribution in [3.8, 4) is 12.3 Å². The van der Waals surface area contributed by atoms with Gasteiger partial charge in [-0.2, -0.15) is 0 Å². The smallest absolute Gasteiger partial charge is 0.221 e. The molecule has 1 aliphatic rings. The Hall–Kier alpha value is -1.01. The summed E-state index contributed by atoms with van der Waals surface area (Å²) in [6.07, 6.45) is 9.55. The number of nitrogens with one attached hydrogen (secondary N) is 1. The van der Waals surface area contributed by atoms with Gasteiger partial charge in [0.2, 0.25) is 5.91 Å². The zero-order valence-corrected chi connectivity index (χ0v) is 8.38. The Bertz CT molecular complexity index is 236. The molecule has 14 heavy (non-hydrogen) atoms. The summed E-state index contributed by atoms with van der Waals surface area (Å²) in [5.41, 5.74) is -0.661. The van der Waals surface area contributed by atoms with E-state index >= 15 is 0 Å². The number of hydrogen-bond donors (Lipinski definition) is 2. The van der Waals surface area contributed by atoms with Crippen LogP contribution in [0.15, 0.2) is 0 Å². The van der Waals surface area contributed by atoms with Gasteiger partial charge in [-0.15, -0.1) is 12.3 Å². The molecule has 1 fully saturated rings. The number of carbonyl (C=O) groups excluding carboxylic acids is 1. The van der Waals surface area contributed by atoms with Crippen molar-refractivity contribution in [2.75, 3.05) is 6.54 Å². The molecule has 0 saturated heterocycles. The van der Waals surface area contributed by atoms with E-state index in [0.717, 1.165) is 25.7 Å². The van der Waals surface area contributed by atoms with Gasteiger partial charge in [0.25, 0.3) is 0 Å². The molecule has 0 aliphatic heterocycles. The second kappa shape index (κ2) is 5.02. The van der Waals surface area contributed by atoms with Crippen molar-refractivity contribution in [3.05, 3.63) is 0 Å². The van der Waals surface area contributed by atoms with E-state index in [4.69, 9.17) is 6.42 Å². The average Bonchev–Trinajstić information content (AvgIpc) is 2.60. The van der Waals surface area contributed by atoms with Gasteiger partial charge >= 0.3 is 0 Å². The van der Waals surface area contributed by atoms with Crippen LogP contribution in [0.25, 0.3) is 0 Å². The van der Waals surface area contributed by atoms with Crippen LogP contribution in [0, 0.1) is 12.3 Å². The lowest BCUT2D eigenvalue weighted by Gasteiger charge is -2.22. The van der Waals surface area contributed by atoms with Gasteiger partial charge in [0.05, 0.1) is 5.60 Å². The minimum atomic E-state index is -0.661. The minimum Gasteiger partial charge on any atom is -0.388 e. The second-order valence-electron chi connectivity index (χ2n) is 3.91. The van der Waals surface area contributed by atoms with E-state index in [1.54, 1.807) is 0 Å². The van der Waals surface area contributed by atoms with E-state index < -0.39 is 5.60 Å². The van der Waals surface area contributed by atoms with Crippen molar-refractivity contribution in [3.63, 3.8) is 0 Å². The maximum atomic E-state index is 11.2. The largest absolute Gasteiger partial charge is 0.388 e.